The molecule has 2 heterocycles. The van der Waals surface area contributed by atoms with Crippen LogP contribution in [0.4, 0.5) is 11.6 Å². The summed E-state index contributed by atoms with van der Waals surface area (Å²) in [5.74, 6) is 6.26. The van der Waals surface area contributed by atoms with Crippen molar-refractivity contribution in [2.45, 2.75) is 6.92 Å². The molecule has 0 unspecified atom stereocenters. The van der Waals surface area contributed by atoms with Crippen LogP contribution in [0.15, 0.2) is 35.1 Å². The summed E-state index contributed by atoms with van der Waals surface area (Å²) in [7, 11) is 0. The highest BCUT2D eigenvalue weighted by Gasteiger charge is 2.04. The van der Waals surface area contributed by atoms with Crippen LogP contribution in [-0.2, 0) is 0 Å². The lowest BCUT2D eigenvalue weighted by molar-refractivity contribution is 1.12. The number of rotatable bonds is 2. The van der Waals surface area contributed by atoms with E-state index in [1.54, 1.807) is 19.3 Å². The van der Waals surface area contributed by atoms with Gasteiger partial charge in [-0.15, -0.1) is 0 Å². The zero-order valence-corrected chi connectivity index (χ0v) is 12.9. The number of hydrogen-bond donors (Lipinski definition) is 3. The van der Waals surface area contributed by atoms with E-state index in [4.69, 9.17) is 0 Å². The molecular formula is C14H13BrN6. The van der Waals surface area contributed by atoms with Crippen molar-refractivity contribution >= 4 is 38.5 Å². The molecule has 0 amide bonds. The zero-order chi connectivity index (χ0) is 13.9. The molecule has 5 N–H and O–H groups in total. The second kappa shape index (κ2) is 6.35. The molecular weight excluding hydrogens is 332 g/mol. The van der Waals surface area contributed by atoms with Gasteiger partial charge in [0.2, 0.25) is 5.95 Å². The highest BCUT2D eigenvalue weighted by Crippen LogP contribution is 2.20. The molecule has 0 atom stereocenters. The summed E-state index contributed by atoms with van der Waals surface area (Å²) in [6, 6.07) is 5.88. The molecule has 106 valence electrons. The van der Waals surface area contributed by atoms with Crippen molar-refractivity contribution in [3.05, 3.63) is 40.8 Å². The van der Waals surface area contributed by atoms with Crippen LogP contribution in [0.1, 0.15) is 12.6 Å². The molecule has 0 saturated carbocycles. The van der Waals surface area contributed by atoms with E-state index in [1.165, 1.54) is 0 Å². The first-order valence-corrected chi connectivity index (χ1v) is 6.71. The summed E-state index contributed by atoms with van der Waals surface area (Å²) in [4.78, 5) is 8.58. The fraction of sp³-hybridized carbons (Fsp3) is 0.0714. The van der Waals surface area contributed by atoms with Crippen LogP contribution >= 0.6 is 15.9 Å². The SMILES string of the molecule is CC#Cc1nc(Nc2ccc3[nH]ncc3c2)ncc1Br.N. The quantitative estimate of drug-likeness (QED) is 0.618. The number of H-pyrrole nitrogens is 1. The third-order valence-corrected chi connectivity index (χ3v) is 3.26. The molecule has 0 aliphatic rings. The first-order chi connectivity index (χ1) is 9.76. The van der Waals surface area contributed by atoms with E-state index in [0.717, 1.165) is 21.1 Å². The minimum atomic E-state index is 0. The van der Waals surface area contributed by atoms with Gasteiger partial charge in [0.15, 0.2) is 0 Å². The van der Waals surface area contributed by atoms with Gasteiger partial charge >= 0.3 is 0 Å². The van der Waals surface area contributed by atoms with Crippen LogP contribution in [0.25, 0.3) is 10.9 Å². The summed E-state index contributed by atoms with van der Waals surface area (Å²) >= 11 is 3.38. The number of anilines is 2. The number of aromatic amines is 1. The van der Waals surface area contributed by atoms with Crippen LogP contribution < -0.4 is 11.5 Å². The lowest BCUT2D eigenvalue weighted by atomic mass is 10.2. The Hall–Kier alpha value is -2.43. The summed E-state index contributed by atoms with van der Waals surface area (Å²) in [5.41, 5.74) is 2.55. The van der Waals surface area contributed by atoms with Gasteiger partial charge in [0.1, 0.15) is 5.69 Å². The van der Waals surface area contributed by atoms with Gasteiger partial charge in [0.25, 0.3) is 0 Å². The lowest BCUT2D eigenvalue weighted by Gasteiger charge is -2.05. The lowest BCUT2D eigenvalue weighted by Crippen LogP contribution is -1.99. The molecule has 0 bridgehead atoms. The smallest absolute Gasteiger partial charge is 0.228 e. The molecule has 0 aliphatic carbocycles. The number of benzene rings is 1. The average Bonchev–Trinajstić information content (AvgIpc) is 2.90. The average molecular weight is 345 g/mol. The monoisotopic (exact) mass is 344 g/mol. The van der Waals surface area contributed by atoms with E-state index >= 15 is 0 Å². The van der Waals surface area contributed by atoms with E-state index < -0.39 is 0 Å². The predicted molar refractivity (Wildman–Crippen MR) is 86.7 cm³/mol. The normalized spacial score (nSPS) is 9.62. The molecule has 0 spiro atoms. The summed E-state index contributed by atoms with van der Waals surface area (Å²) < 4.78 is 0.780. The molecule has 0 radical (unpaired) electrons. The van der Waals surface area contributed by atoms with Crippen LogP contribution in [0.3, 0.4) is 0 Å². The summed E-state index contributed by atoms with van der Waals surface area (Å²) in [5, 5.41) is 11.1. The summed E-state index contributed by atoms with van der Waals surface area (Å²) in [6.45, 7) is 1.77. The van der Waals surface area contributed by atoms with Gasteiger partial charge in [0, 0.05) is 17.3 Å². The number of nitrogens with one attached hydrogen (secondary N) is 2. The molecule has 3 rings (SSSR count). The Bertz CT molecular complexity index is 830. The Balaban J connectivity index is 0.00000161. The maximum atomic E-state index is 4.36. The third kappa shape index (κ3) is 3.18. The molecule has 21 heavy (non-hydrogen) atoms. The fourth-order valence-electron chi connectivity index (χ4n) is 1.78. The van der Waals surface area contributed by atoms with E-state index in [2.05, 4.69) is 53.3 Å². The number of nitrogens with zero attached hydrogens (tertiary/aromatic N) is 3. The van der Waals surface area contributed by atoms with Crippen molar-refractivity contribution in [1.82, 2.24) is 26.3 Å². The van der Waals surface area contributed by atoms with Crippen LogP contribution in [0, 0.1) is 11.8 Å². The molecule has 2 aromatic heterocycles. The molecule has 0 aliphatic heterocycles. The van der Waals surface area contributed by atoms with Crippen LogP contribution in [-0.4, -0.2) is 20.2 Å². The van der Waals surface area contributed by atoms with Gasteiger partial charge in [-0.2, -0.15) is 5.10 Å². The number of fused-ring (bicyclic) bond motifs is 1. The predicted octanol–water partition coefficient (Wildman–Crippen LogP) is 3.39. The zero-order valence-electron chi connectivity index (χ0n) is 11.3. The van der Waals surface area contributed by atoms with Crippen molar-refractivity contribution in [3.8, 4) is 11.8 Å². The molecule has 1 aromatic carbocycles. The Morgan fingerprint density at radius 2 is 2.14 bits per heavy atom. The highest BCUT2D eigenvalue weighted by molar-refractivity contribution is 9.10. The Kier molecular flexibility index (Phi) is 4.52. The van der Waals surface area contributed by atoms with Gasteiger partial charge in [-0.25, -0.2) is 9.97 Å². The van der Waals surface area contributed by atoms with Gasteiger partial charge in [-0.3, -0.25) is 5.10 Å². The maximum Gasteiger partial charge on any atom is 0.228 e. The van der Waals surface area contributed by atoms with Gasteiger partial charge < -0.3 is 11.5 Å². The first kappa shape index (κ1) is 15.0. The molecule has 6 nitrogen and oxygen atoms in total. The molecule has 0 fully saturated rings. The van der Waals surface area contributed by atoms with Crippen molar-refractivity contribution < 1.29 is 0 Å². The third-order valence-electron chi connectivity index (χ3n) is 2.68. The van der Waals surface area contributed by atoms with Crippen molar-refractivity contribution in [2.24, 2.45) is 0 Å². The number of halogens is 1. The van der Waals surface area contributed by atoms with E-state index in [-0.39, 0.29) is 6.15 Å². The molecule has 0 saturated heterocycles. The first-order valence-electron chi connectivity index (χ1n) is 5.92. The Labute approximate surface area is 130 Å². The van der Waals surface area contributed by atoms with Crippen molar-refractivity contribution in [2.75, 3.05) is 5.32 Å². The minimum Gasteiger partial charge on any atom is -0.344 e. The minimum absolute atomic E-state index is 0. The van der Waals surface area contributed by atoms with E-state index in [1.807, 2.05) is 18.2 Å². The fourth-order valence-corrected chi connectivity index (χ4v) is 2.07. The maximum absolute atomic E-state index is 4.36. The van der Waals surface area contributed by atoms with E-state index in [0.29, 0.717) is 11.6 Å². The van der Waals surface area contributed by atoms with Gasteiger partial charge in [0.05, 0.1) is 16.2 Å². The Morgan fingerprint density at radius 3 is 2.95 bits per heavy atom. The highest BCUT2D eigenvalue weighted by atomic mass is 79.9. The second-order valence-corrected chi connectivity index (χ2v) is 4.92. The largest absolute Gasteiger partial charge is 0.344 e. The van der Waals surface area contributed by atoms with Crippen molar-refractivity contribution in [1.29, 1.82) is 0 Å². The summed E-state index contributed by atoms with van der Waals surface area (Å²) in [6.07, 6.45) is 3.46. The van der Waals surface area contributed by atoms with Crippen LogP contribution in [0.2, 0.25) is 0 Å². The number of hydrogen-bond acceptors (Lipinski definition) is 5. The van der Waals surface area contributed by atoms with Gasteiger partial charge in [-0.05, 0) is 47.0 Å². The molecule has 7 heteroatoms. The molecule has 3 aromatic rings. The van der Waals surface area contributed by atoms with Crippen molar-refractivity contribution in [3.63, 3.8) is 0 Å². The topological polar surface area (TPSA) is 101 Å². The van der Waals surface area contributed by atoms with E-state index in [9.17, 15) is 0 Å². The van der Waals surface area contributed by atoms with Gasteiger partial charge in [-0.1, -0.05) is 5.92 Å². The number of aromatic nitrogens is 4. The standard InChI is InChI=1S/C14H10BrN5.H3N/c1-2-3-13-11(15)8-16-14(19-13)18-10-4-5-12-9(6-10)7-17-20-12;/h4-8H,1H3,(H,17,20)(H,16,18,19);1H3. The Morgan fingerprint density at radius 1 is 1.29 bits per heavy atom. The van der Waals surface area contributed by atoms with Crippen LogP contribution in [0.5, 0.6) is 0 Å². The second-order valence-electron chi connectivity index (χ2n) is 4.06.